The van der Waals surface area contributed by atoms with Crippen LogP contribution in [0.5, 0.6) is 0 Å². The van der Waals surface area contributed by atoms with Crippen molar-refractivity contribution in [2.75, 3.05) is 12.4 Å². The fraction of sp³-hybridized carbons (Fsp3) is 0.261. The van der Waals surface area contributed by atoms with Crippen molar-refractivity contribution in [2.24, 2.45) is 0 Å². The highest BCUT2D eigenvalue weighted by atomic mass is 19.2. The summed E-state index contributed by atoms with van der Waals surface area (Å²) in [7, 11) is 1.27. The highest BCUT2D eigenvalue weighted by Gasteiger charge is 2.42. The Hall–Kier alpha value is -3.75. The number of nitrogens with zero attached hydrogens (tertiary/aromatic N) is 1. The fourth-order valence-corrected chi connectivity index (χ4v) is 3.78. The van der Waals surface area contributed by atoms with Crippen molar-refractivity contribution in [1.82, 2.24) is 10.2 Å². The lowest BCUT2D eigenvalue weighted by molar-refractivity contribution is -0.113. The SMILES string of the molecule is COC(=O)c1ccc([C@H]2NC(=O)N(C3CC3)C(C)=C2C(=O)Nc2ccc(F)c(F)c2)cc1. The molecule has 166 valence electrons. The summed E-state index contributed by atoms with van der Waals surface area (Å²) in [6.45, 7) is 1.69. The van der Waals surface area contributed by atoms with Crippen LogP contribution in [0.15, 0.2) is 53.7 Å². The first kappa shape index (κ1) is 21.5. The number of anilines is 1. The normalized spacial score (nSPS) is 18.3. The predicted molar refractivity (Wildman–Crippen MR) is 112 cm³/mol. The Balaban J connectivity index is 1.71. The van der Waals surface area contributed by atoms with Gasteiger partial charge in [-0.3, -0.25) is 9.69 Å². The third kappa shape index (κ3) is 4.05. The van der Waals surface area contributed by atoms with E-state index in [0.717, 1.165) is 25.0 Å². The van der Waals surface area contributed by atoms with E-state index < -0.39 is 29.6 Å². The Labute approximate surface area is 183 Å². The summed E-state index contributed by atoms with van der Waals surface area (Å²) in [5.74, 6) is -3.17. The number of benzene rings is 2. The molecule has 0 aromatic heterocycles. The highest BCUT2D eigenvalue weighted by Crippen LogP contribution is 2.38. The Kier molecular flexibility index (Phi) is 5.65. The molecule has 0 radical (unpaired) electrons. The number of halogens is 2. The zero-order chi connectivity index (χ0) is 23.0. The van der Waals surface area contributed by atoms with Gasteiger partial charge in [-0.2, -0.15) is 0 Å². The van der Waals surface area contributed by atoms with Gasteiger partial charge in [-0.1, -0.05) is 12.1 Å². The number of hydrogen-bond acceptors (Lipinski definition) is 4. The molecule has 0 saturated heterocycles. The van der Waals surface area contributed by atoms with Crippen LogP contribution in [0.3, 0.4) is 0 Å². The molecular formula is C23H21F2N3O4. The van der Waals surface area contributed by atoms with E-state index in [2.05, 4.69) is 10.6 Å². The van der Waals surface area contributed by atoms with Crippen molar-refractivity contribution < 1.29 is 27.9 Å². The minimum absolute atomic E-state index is 0.0173. The van der Waals surface area contributed by atoms with Gasteiger partial charge in [0.05, 0.1) is 24.3 Å². The monoisotopic (exact) mass is 441 g/mol. The van der Waals surface area contributed by atoms with Crippen LogP contribution in [0.1, 0.15) is 41.7 Å². The molecule has 4 rings (SSSR count). The minimum atomic E-state index is -1.08. The molecule has 1 saturated carbocycles. The Morgan fingerprint density at radius 1 is 1.09 bits per heavy atom. The first-order valence-electron chi connectivity index (χ1n) is 10.1. The molecule has 0 bridgehead atoms. The number of allylic oxidation sites excluding steroid dienone is 1. The number of carbonyl (C=O) groups is 3. The predicted octanol–water partition coefficient (Wildman–Crippen LogP) is 3.89. The lowest BCUT2D eigenvalue weighted by atomic mass is 9.93. The number of esters is 1. The molecule has 1 fully saturated rings. The molecule has 9 heteroatoms. The number of carbonyl (C=O) groups excluding carboxylic acids is 3. The van der Waals surface area contributed by atoms with Gasteiger partial charge < -0.3 is 15.4 Å². The van der Waals surface area contributed by atoms with Gasteiger partial charge in [0.1, 0.15) is 0 Å². The van der Waals surface area contributed by atoms with Crippen LogP contribution in [-0.4, -0.2) is 36.0 Å². The molecule has 1 heterocycles. The van der Waals surface area contributed by atoms with Crippen LogP contribution in [0.2, 0.25) is 0 Å². The van der Waals surface area contributed by atoms with E-state index in [1.54, 1.807) is 36.1 Å². The van der Waals surface area contributed by atoms with Crippen molar-refractivity contribution in [1.29, 1.82) is 0 Å². The van der Waals surface area contributed by atoms with Crippen molar-refractivity contribution in [3.63, 3.8) is 0 Å². The molecule has 0 unspecified atom stereocenters. The number of urea groups is 1. The minimum Gasteiger partial charge on any atom is -0.465 e. The van der Waals surface area contributed by atoms with Crippen molar-refractivity contribution in [2.45, 2.75) is 31.8 Å². The molecule has 7 nitrogen and oxygen atoms in total. The van der Waals surface area contributed by atoms with Gasteiger partial charge in [0.25, 0.3) is 5.91 Å². The van der Waals surface area contributed by atoms with Crippen LogP contribution >= 0.6 is 0 Å². The maximum atomic E-state index is 13.6. The van der Waals surface area contributed by atoms with E-state index in [4.69, 9.17) is 4.74 Å². The van der Waals surface area contributed by atoms with Gasteiger partial charge in [0.15, 0.2) is 11.6 Å². The summed E-state index contributed by atoms with van der Waals surface area (Å²) in [6.07, 6.45) is 1.67. The highest BCUT2D eigenvalue weighted by molar-refractivity contribution is 6.06. The molecule has 1 aliphatic carbocycles. The Bertz CT molecular complexity index is 1130. The number of ether oxygens (including phenoxy) is 1. The summed E-state index contributed by atoms with van der Waals surface area (Å²) in [6, 6.07) is 8.31. The van der Waals surface area contributed by atoms with E-state index in [1.807, 2.05) is 0 Å². The van der Waals surface area contributed by atoms with Gasteiger partial charge in [-0.25, -0.2) is 18.4 Å². The summed E-state index contributed by atoms with van der Waals surface area (Å²) in [5, 5.41) is 5.44. The molecule has 32 heavy (non-hydrogen) atoms. The quantitative estimate of drug-likeness (QED) is 0.689. The maximum Gasteiger partial charge on any atom is 0.337 e. The molecule has 1 atom stereocenters. The molecule has 3 amide bonds. The van der Waals surface area contributed by atoms with Gasteiger partial charge >= 0.3 is 12.0 Å². The number of rotatable bonds is 5. The summed E-state index contributed by atoms with van der Waals surface area (Å²) in [5.41, 5.74) is 1.75. The average Bonchev–Trinajstić information content (AvgIpc) is 3.60. The average molecular weight is 441 g/mol. The molecular weight excluding hydrogens is 420 g/mol. The first-order valence-corrected chi connectivity index (χ1v) is 10.1. The van der Waals surface area contributed by atoms with Crippen LogP contribution in [0.4, 0.5) is 19.3 Å². The second kappa shape index (κ2) is 8.41. The lowest BCUT2D eigenvalue weighted by Crippen LogP contribution is -2.49. The smallest absolute Gasteiger partial charge is 0.337 e. The van der Waals surface area contributed by atoms with Gasteiger partial charge in [-0.05, 0) is 49.6 Å². The maximum absolute atomic E-state index is 13.6. The fourth-order valence-electron chi connectivity index (χ4n) is 3.78. The van der Waals surface area contributed by atoms with Crippen LogP contribution in [0.25, 0.3) is 0 Å². The van der Waals surface area contributed by atoms with Crippen LogP contribution in [0, 0.1) is 11.6 Å². The summed E-state index contributed by atoms with van der Waals surface area (Å²) >= 11 is 0. The molecule has 1 aliphatic heterocycles. The van der Waals surface area contributed by atoms with Gasteiger partial charge in [0, 0.05) is 23.5 Å². The third-order valence-corrected chi connectivity index (χ3v) is 5.53. The topological polar surface area (TPSA) is 87.7 Å². The standard InChI is InChI=1S/C23H21F2N3O4/c1-12-19(21(29)26-15-7-10-17(24)18(25)11-15)20(27-23(31)28(12)16-8-9-16)13-3-5-14(6-4-13)22(30)32-2/h3-7,10-11,16,20H,8-9H2,1-2H3,(H,26,29)(H,27,31)/t20-/m1/s1. The van der Waals surface area contributed by atoms with E-state index >= 15 is 0 Å². The first-order chi connectivity index (χ1) is 15.3. The molecule has 0 spiro atoms. The third-order valence-electron chi connectivity index (χ3n) is 5.53. The largest absolute Gasteiger partial charge is 0.465 e. The van der Waals surface area contributed by atoms with E-state index in [0.29, 0.717) is 16.8 Å². The molecule has 2 aromatic carbocycles. The molecule has 2 N–H and O–H groups in total. The Morgan fingerprint density at radius 3 is 2.38 bits per heavy atom. The molecule has 2 aromatic rings. The molecule has 2 aliphatic rings. The zero-order valence-electron chi connectivity index (χ0n) is 17.4. The van der Waals surface area contributed by atoms with E-state index in [1.165, 1.54) is 13.2 Å². The summed E-state index contributed by atoms with van der Waals surface area (Å²) in [4.78, 5) is 39.3. The Morgan fingerprint density at radius 2 is 1.78 bits per heavy atom. The zero-order valence-corrected chi connectivity index (χ0v) is 17.4. The van der Waals surface area contributed by atoms with E-state index in [9.17, 15) is 23.2 Å². The second-order valence-corrected chi connectivity index (χ2v) is 7.68. The van der Waals surface area contributed by atoms with E-state index in [-0.39, 0.29) is 23.3 Å². The lowest BCUT2D eigenvalue weighted by Gasteiger charge is -2.36. The number of amides is 3. The van der Waals surface area contributed by atoms with Gasteiger partial charge in [0.2, 0.25) is 0 Å². The number of hydrogen-bond donors (Lipinski definition) is 2. The van der Waals surface area contributed by atoms with Crippen molar-refractivity contribution in [3.8, 4) is 0 Å². The number of nitrogens with one attached hydrogen (secondary N) is 2. The van der Waals surface area contributed by atoms with Crippen molar-refractivity contribution in [3.05, 3.63) is 76.5 Å². The second-order valence-electron chi connectivity index (χ2n) is 7.68. The van der Waals surface area contributed by atoms with Gasteiger partial charge in [-0.15, -0.1) is 0 Å². The van der Waals surface area contributed by atoms with Crippen LogP contribution < -0.4 is 10.6 Å². The van der Waals surface area contributed by atoms with Crippen molar-refractivity contribution >= 4 is 23.6 Å². The number of methoxy groups -OCH3 is 1. The van der Waals surface area contributed by atoms with Crippen LogP contribution in [-0.2, 0) is 9.53 Å². The summed E-state index contributed by atoms with van der Waals surface area (Å²) < 4.78 is 31.6.